The van der Waals surface area contributed by atoms with E-state index in [9.17, 15) is 5.11 Å². The second-order valence-corrected chi connectivity index (χ2v) is 7.08. The van der Waals surface area contributed by atoms with Crippen LogP contribution in [0, 0.1) is 0 Å². The molecule has 0 unspecified atom stereocenters. The quantitative estimate of drug-likeness (QED) is 0.489. The maximum atomic E-state index is 9.58. The molecule has 0 amide bonds. The van der Waals surface area contributed by atoms with Gasteiger partial charge in [-0.2, -0.15) is 5.10 Å². The lowest BCUT2D eigenvalue weighted by Gasteiger charge is -2.09. The van der Waals surface area contributed by atoms with Crippen molar-refractivity contribution in [2.45, 2.75) is 52.5 Å². The van der Waals surface area contributed by atoms with Crippen LogP contribution in [0.5, 0.6) is 5.75 Å². The fourth-order valence-corrected chi connectivity index (χ4v) is 3.28. The molecule has 1 N–H and O–H groups in total. The molecule has 0 aliphatic heterocycles. The molecule has 3 aromatic rings. The molecule has 0 atom stereocenters. The number of phenolic OH excluding ortho intramolecular Hbond substituents is 1. The standard InChI is InChI=1S/C23H28N2O/c1-4-5-6-7-8-10-19-11-9-12-21-22(18-13-15-20(26)16-14-18)24-25(17(2)3)23(19)21/h8-17,26H,4-7H2,1-3H3/b10-8+. The van der Waals surface area contributed by atoms with E-state index in [1.807, 2.05) is 12.1 Å². The molecule has 0 aliphatic carbocycles. The van der Waals surface area contributed by atoms with Gasteiger partial charge in [0.2, 0.25) is 0 Å². The number of allylic oxidation sites excluding steroid dienone is 1. The Bertz CT molecular complexity index is 888. The Hall–Kier alpha value is -2.55. The summed E-state index contributed by atoms with van der Waals surface area (Å²) in [7, 11) is 0. The van der Waals surface area contributed by atoms with E-state index in [0.717, 1.165) is 23.1 Å². The van der Waals surface area contributed by atoms with Crippen molar-refractivity contribution in [3.8, 4) is 17.0 Å². The van der Waals surface area contributed by atoms with E-state index in [0.29, 0.717) is 0 Å². The van der Waals surface area contributed by atoms with E-state index in [1.165, 1.54) is 30.3 Å². The summed E-state index contributed by atoms with van der Waals surface area (Å²) in [6, 6.07) is 14.0. The number of benzene rings is 2. The van der Waals surface area contributed by atoms with Gasteiger partial charge in [-0.1, -0.05) is 50.1 Å². The average molecular weight is 348 g/mol. The molecule has 26 heavy (non-hydrogen) atoms. The maximum Gasteiger partial charge on any atom is 0.115 e. The minimum Gasteiger partial charge on any atom is -0.508 e. The highest BCUT2D eigenvalue weighted by Gasteiger charge is 2.16. The third-order valence-corrected chi connectivity index (χ3v) is 4.66. The Balaban J connectivity index is 2.06. The van der Waals surface area contributed by atoms with Crippen LogP contribution in [0.3, 0.4) is 0 Å². The lowest BCUT2D eigenvalue weighted by atomic mass is 10.0. The van der Waals surface area contributed by atoms with Gasteiger partial charge in [0, 0.05) is 22.6 Å². The van der Waals surface area contributed by atoms with Gasteiger partial charge in [-0.05, 0) is 51.0 Å². The van der Waals surface area contributed by atoms with Crippen LogP contribution >= 0.6 is 0 Å². The first kappa shape index (κ1) is 18.2. The second-order valence-electron chi connectivity index (χ2n) is 7.08. The Morgan fingerprint density at radius 2 is 1.85 bits per heavy atom. The van der Waals surface area contributed by atoms with E-state index >= 15 is 0 Å². The van der Waals surface area contributed by atoms with Gasteiger partial charge in [-0.15, -0.1) is 0 Å². The molecular weight excluding hydrogens is 320 g/mol. The van der Waals surface area contributed by atoms with Crippen molar-refractivity contribution in [3.63, 3.8) is 0 Å². The Kier molecular flexibility index (Phi) is 5.77. The number of aromatic nitrogens is 2. The van der Waals surface area contributed by atoms with E-state index < -0.39 is 0 Å². The predicted molar refractivity (Wildman–Crippen MR) is 110 cm³/mol. The Morgan fingerprint density at radius 3 is 2.54 bits per heavy atom. The highest BCUT2D eigenvalue weighted by Crippen LogP contribution is 2.33. The molecule has 0 bridgehead atoms. The fourth-order valence-electron chi connectivity index (χ4n) is 3.28. The first-order chi connectivity index (χ1) is 12.6. The Labute approximate surface area is 156 Å². The zero-order chi connectivity index (χ0) is 18.5. The van der Waals surface area contributed by atoms with Gasteiger partial charge >= 0.3 is 0 Å². The van der Waals surface area contributed by atoms with Gasteiger partial charge in [-0.25, -0.2) is 0 Å². The zero-order valence-electron chi connectivity index (χ0n) is 15.9. The molecule has 0 saturated heterocycles. The highest BCUT2D eigenvalue weighted by atomic mass is 16.3. The van der Waals surface area contributed by atoms with Crippen molar-refractivity contribution >= 4 is 17.0 Å². The molecule has 0 radical (unpaired) electrons. The lowest BCUT2D eigenvalue weighted by molar-refractivity contribution is 0.475. The van der Waals surface area contributed by atoms with Crippen molar-refractivity contribution in [2.24, 2.45) is 0 Å². The summed E-state index contributed by atoms with van der Waals surface area (Å²) < 4.78 is 2.11. The first-order valence-corrected chi connectivity index (χ1v) is 9.59. The van der Waals surface area contributed by atoms with Crippen LogP contribution in [-0.2, 0) is 0 Å². The van der Waals surface area contributed by atoms with Gasteiger partial charge in [0.25, 0.3) is 0 Å². The van der Waals surface area contributed by atoms with Crippen molar-refractivity contribution < 1.29 is 5.11 Å². The van der Waals surface area contributed by atoms with Crippen LogP contribution in [0.2, 0.25) is 0 Å². The third-order valence-electron chi connectivity index (χ3n) is 4.66. The van der Waals surface area contributed by atoms with Crippen molar-refractivity contribution in [1.29, 1.82) is 0 Å². The first-order valence-electron chi connectivity index (χ1n) is 9.59. The average Bonchev–Trinajstić information content (AvgIpc) is 3.03. The summed E-state index contributed by atoms with van der Waals surface area (Å²) in [5, 5.41) is 15.6. The molecule has 0 spiro atoms. The van der Waals surface area contributed by atoms with Crippen molar-refractivity contribution in [2.75, 3.05) is 0 Å². The van der Waals surface area contributed by atoms with Crippen LogP contribution in [0.15, 0.2) is 48.5 Å². The van der Waals surface area contributed by atoms with Crippen LogP contribution < -0.4 is 0 Å². The summed E-state index contributed by atoms with van der Waals surface area (Å²) >= 11 is 0. The predicted octanol–water partition coefficient (Wildman–Crippen LogP) is 6.58. The van der Waals surface area contributed by atoms with Crippen molar-refractivity contribution in [1.82, 2.24) is 9.78 Å². The summed E-state index contributed by atoms with van der Waals surface area (Å²) in [5.41, 5.74) is 4.38. The zero-order valence-corrected chi connectivity index (χ0v) is 15.9. The largest absolute Gasteiger partial charge is 0.508 e. The molecule has 1 heterocycles. The highest BCUT2D eigenvalue weighted by molar-refractivity contribution is 5.97. The molecule has 1 aromatic heterocycles. The number of para-hydroxylation sites is 1. The molecule has 0 fully saturated rings. The van der Waals surface area contributed by atoms with E-state index in [-0.39, 0.29) is 11.8 Å². The molecular formula is C23H28N2O. The molecule has 136 valence electrons. The molecule has 2 aromatic carbocycles. The second kappa shape index (κ2) is 8.22. The number of hydrogen-bond acceptors (Lipinski definition) is 2. The topological polar surface area (TPSA) is 38.1 Å². The SMILES string of the molecule is CCCCC/C=C/c1cccc2c(-c3ccc(O)cc3)nn(C(C)C)c12. The lowest BCUT2D eigenvalue weighted by Crippen LogP contribution is -2.03. The minimum atomic E-state index is 0.275. The van der Waals surface area contributed by atoms with Gasteiger partial charge in [0.05, 0.1) is 5.52 Å². The van der Waals surface area contributed by atoms with Crippen LogP contribution in [0.25, 0.3) is 28.2 Å². The van der Waals surface area contributed by atoms with Crippen molar-refractivity contribution in [3.05, 3.63) is 54.1 Å². The number of rotatable bonds is 7. The van der Waals surface area contributed by atoms with E-state index in [2.05, 4.69) is 55.8 Å². The van der Waals surface area contributed by atoms with Gasteiger partial charge in [-0.3, -0.25) is 4.68 Å². The van der Waals surface area contributed by atoms with Crippen LogP contribution in [0.4, 0.5) is 0 Å². The summed E-state index contributed by atoms with van der Waals surface area (Å²) in [5.74, 6) is 0.275. The fraction of sp³-hybridized carbons (Fsp3) is 0.348. The molecule has 3 heteroatoms. The number of nitrogens with zero attached hydrogens (tertiary/aromatic N) is 2. The Morgan fingerprint density at radius 1 is 1.08 bits per heavy atom. The van der Waals surface area contributed by atoms with E-state index in [1.54, 1.807) is 12.1 Å². The van der Waals surface area contributed by atoms with E-state index in [4.69, 9.17) is 5.10 Å². The summed E-state index contributed by atoms with van der Waals surface area (Å²) in [6.45, 7) is 6.56. The number of hydrogen-bond donors (Lipinski definition) is 1. The van der Waals surface area contributed by atoms with Crippen LogP contribution in [0.1, 0.15) is 58.1 Å². The third kappa shape index (κ3) is 3.82. The van der Waals surface area contributed by atoms with Crippen LogP contribution in [-0.4, -0.2) is 14.9 Å². The van der Waals surface area contributed by atoms with Gasteiger partial charge in [0.15, 0.2) is 0 Å². The number of unbranched alkanes of at least 4 members (excludes halogenated alkanes) is 3. The summed E-state index contributed by atoms with van der Waals surface area (Å²) in [6.07, 6.45) is 9.40. The normalized spacial score (nSPS) is 11.8. The molecule has 3 rings (SSSR count). The number of fused-ring (bicyclic) bond motifs is 1. The van der Waals surface area contributed by atoms with Gasteiger partial charge in [0.1, 0.15) is 11.4 Å². The molecule has 3 nitrogen and oxygen atoms in total. The maximum absolute atomic E-state index is 9.58. The number of aromatic hydroxyl groups is 1. The summed E-state index contributed by atoms with van der Waals surface area (Å²) in [4.78, 5) is 0. The molecule has 0 saturated carbocycles. The minimum absolute atomic E-state index is 0.275. The number of phenols is 1. The monoisotopic (exact) mass is 348 g/mol. The molecule has 0 aliphatic rings. The smallest absolute Gasteiger partial charge is 0.115 e. The van der Waals surface area contributed by atoms with Gasteiger partial charge < -0.3 is 5.11 Å².